The van der Waals surface area contributed by atoms with Crippen LogP contribution in [-0.4, -0.2) is 15.7 Å². The molecule has 76 valence electrons. The molecule has 0 N–H and O–H groups in total. The van der Waals surface area contributed by atoms with Gasteiger partial charge in [-0.15, -0.1) is 0 Å². The molecule has 1 heterocycles. The van der Waals surface area contributed by atoms with Gasteiger partial charge in [-0.25, -0.2) is 5.87 Å². The minimum atomic E-state index is -0.0119. The number of nitrogens with zero attached hydrogens (tertiary/aromatic N) is 5. The third-order valence-corrected chi connectivity index (χ3v) is 2.02. The molecule has 0 atom stereocenters. The van der Waals surface area contributed by atoms with Crippen molar-refractivity contribution in [3.8, 4) is 11.8 Å². The first kappa shape index (κ1) is 9.84. The maximum absolute atomic E-state index is 8.69. The second-order valence-electron chi connectivity index (χ2n) is 3.01. The molecule has 0 unspecified atom stereocenters. The van der Waals surface area contributed by atoms with Gasteiger partial charge >= 0.3 is 0 Å². The van der Waals surface area contributed by atoms with Crippen LogP contribution in [0.4, 0.5) is 0 Å². The summed E-state index contributed by atoms with van der Waals surface area (Å²) in [7, 11) is 0. The highest BCUT2D eigenvalue weighted by Crippen LogP contribution is 2.02. The van der Waals surface area contributed by atoms with Crippen molar-refractivity contribution < 1.29 is 4.57 Å². The van der Waals surface area contributed by atoms with E-state index in [1.165, 1.54) is 10.9 Å². The minimum absolute atomic E-state index is 0.0119. The molecule has 0 bridgehead atoms. The van der Waals surface area contributed by atoms with Gasteiger partial charge in [0, 0.05) is 5.10 Å². The molecule has 5 nitrogen and oxygen atoms in total. The second-order valence-corrected chi connectivity index (χ2v) is 3.01. The van der Waals surface area contributed by atoms with E-state index in [9.17, 15) is 0 Å². The number of nitriles is 1. The van der Waals surface area contributed by atoms with Crippen LogP contribution in [0.5, 0.6) is 0 Å². The third kappa shape index (κ3) is 1.73. The molecule has 1 aromatic carbocycles. The van der Waals surface area contributed by atoms with Crippen molar-refractivity contribution in [2.75, 3.05) is 0 Å². The molecule has 0 fully saturated rings. The zero-order valence-electron chi connectivity index (χ0n) is 8.28. The Balaban J connectivity index is 2.42. The molecule has 2 aromatic rings. The van der Waals surface area contributed by atoms with Crippen LogP contribution in [0.25, 0.3) is 16.8 Å². The summed E-state index contributed by atoms with van der Waals surface area (Å²) in [6.07, 6.45) is 3.01. The molecular weight excluding hydrogens is 202 g/mol. The largest absolute Gasteiger partial charge is 0.760 e. The fourth-order valence-corrected chi connectivity index (χ4v) is 1.26. The van der Waals surface area contributed by atoms with Crippen LogP contribution >= 0.6 is 0 Å². The lowest BCUT2D eigenvalue weighted by Crippen LogP contribution is -2.29. The van der Waals surface area contributed by atoms with Gasteiger partial charge in [-0.05, 0) is 12.1 Å². The lowest BCUT2D eigenvalue weighted by molar-refractivity contribution is -0.576. The van der Waals surface area contributed by atoms with Crippen LogP contribution in [0, 0.1) is 11.3 Å². The highest BCUT2D eigenvalue weighted by molar-refractivity contribution is 5.84. The van der Waals surface area contributed by atoms with Gasteiger partial charge in [-0.3, -0.25) is 0 Å². The summed E-state index contributed by atoms with van der Waals surface area (Å²) in [6, 6.07) is 11.3. The lowest BCUT2D eigenvalue weighted by atomic mass is 10.3. The van der Waals surface area contributed by atoms with E-state index in [-0.39, 0.29) is 5.70 Å². The van der Waals surface area contributed by atoms with Crippen LogP contribution in [0.15, 0.2) is 43.0 Å². The Morgan fingerprint density at radius 2 is 2.12 bits per heavy atom. The summed E-state index contributed by atoms with van der Waals surface area (Å²) in [5.41, 5.74) is 0.860. The number of benzene rings is 1. The van der Waals surface area contributed by atoms with E-state index in [0.29, 0.717) is 0 Å². The van der Waals surface area contributed by atoms with E-state index in [0.717, 1.165) is 5.69 Å². The summed E-state index contributed by atoms with van der Waals surface area (Å²) in [6.45, 7) is 0. The maximum atomic E-state index is 8.69. The smallest absolute Gasteiger partial charge is 0.271 e. The molecule has 0 radical (unpaired) electrons. The molecule has 0 saturated heterocycles. The topological polar surface area (TPSA) is 67.8 Å². The van der Waals surface area contributed by atoms with Crippen molar-refractivity contribution >= 4 is 11.6 Å². The van der Waals surface area contributed by atoms with Crippen LogP contribution in [0.2, 0.25) is 0 Å². The molecule has 5 heteroatoms. The van der Waals surface area contributed by atoms with Crippen molar-refractivity contribution in [1.29, 1.82) is 5.26 Å². The van der Waals surface area contributed by atoms with Gasteiger partial charge in [0.05, 0.1) is 0 Å². The van der Waals surface area contributed by atoms with Gasteiger partial charge in [-0.2, -0.15) is 9.83 Å². The fraction of sp³-hybridized carbons (Fsp3) is 0. The van der Waals surface area contributed by atoms with Crippen LogP contribution < -0.4 is 4.57 Å². The lowest BCUT2D eigenvalue weighted by Gasteiger charge is -1.91. The van der Waals surface area contributed by atoms with Crippen LogP contribution in [-0.2, 0) is 0 Å². The maximum Gasteiger partial charge on any atom is 0.271 e. The first-order chi connectivity index (χ1) is 7.85. The molecule has 0 aliphatic carbocycles. The predicted octanol–water partition coefficient (Wildman–Crippen LogP) is 0.763. The number of rotatable bonds is 2. The molecule has 0 spiro atoms. The standard InChI is InChI=1S/C11H7N5/c12-6-11(7-13)15-8-14-16(9-15)10-4-2-1-3-5-10/h1-5,8-9H. The van der Waals surface area contributed by atoms with Gasteiger partial charge in [0.1, 0.15) is 11.8 Å². The summed E-state index contributed by atoms with van der Waals surface area (Å²) < 4.78 is 2.97. The number of aromatic nitrogens is 3. The minimum Gasteiger partial charge on any atom is -0.760 e. The van der Waals surface area contributed by atoms with Crippen molar-refractivity contribution in [3.63, 3.8) is 0 Å². The Hall–Kier alpha value is -2.70. The van der Waals surface area contributed by atoms with Crippen molar-refractivity contribution in [1.82, 2.24) is 9.78 Å². The Labute approximate surface area is 92.0 Å². The predicted molar refractivity (Wildman–Crippen MR) is 57.4 cm³/mol. The summed E-state index contributed by atoms with van der Waals surface area (Å²) in [4.78, 5) is 0. The molecule has 0 amide bonds. The van der Waals surface area contributed by atoms with Gasteiger partial charge in [-0.1, -0.05) is 22.9 Å². The van der Waals surface area contributed by atoms with Crippen molar-refractivity contribution in [3.05, 3.63) is 48.4 Å². The van der Waals surface area contributed by atoms with Crippen LogP contribution in [0.3, 0.4) is 0 Å². The van der Waals surface area contributed by atoms with Gasteiger partial charge in [0.2, 0.25) is 12.0 Å². The highest BCUT2D eigenvalue weighted by Gasteiger charge is 2.09. The van der Waals surface area contributed by atoms with Crippen LogP contribution in [0.1, 0.15) is 0 Å². The third-order valence-electron chi connectivity index (χ3n) is 2.02. The fourth-order valence-electron chi connectivity index (χ4n) is 1.26. The zero-order chi connectivity index (χ0) is 11.4. The molecule has 2 rings (SSSR count). The molecule has 1 aromatic heterocycles. The monoisotopic (exact) mass is 209 g/mol. The molecule has 0 aliphatic heterocycles. The number of hydrogen-bond donors (Lipinski definition) is 0. The number of allylic oxidation sites excluding steroid dienone is 1. The van der Waals surface area contributed by atoms with Gasteiger partial charge < -0.3 is 5.41 Å². The second kappa shape index (κ2) is 4.22. The molecule has 16 heavy (non-hydrogen) atoms. The first-order valence-corrected chi connectivity index (χ1v) is 4.54. The Bertz CT molecular complexity index is 584. The van der Waals surface area contributed by atoms with Gasteiger partial charge in [0.15, 0.2) is 0 Å². The quantitative estimate of drug-likeness (QED) is 0.416. The van der Waals surface area contributed by atoms with E-state index in [4.69, 9.17) is 10.7 Å². The van der Waals surface area contributed by atoms with E-state index in [1.807, 2.05) is 30.3 Å². The SMILES string of the molecule is N#CC(=C=[N-])[n+]1cnn(-c2ccccc2)c1. The van der Waals surface area contributed by atoms with E-state index >= 15 is 0 Å². The van der Waals surface area contributed by atoms with E-state index < -0.39 is 0 Å². The van der Waals surface area contributed by atoms with E-state index in [2.05, 4.69) is 5.10 Å². The average Bonchev–Trinajstić information content (AvgIpc) is 2.81. The summed E-state index contributed by atoms with van der Waals surface area (Å²) >= 11 is 0. The number of hydrogen-bond acceptors (Lipinski definition) is 2. The normalized spacial score (nSPS) is 9.19. The molecular formula is C11H7N5. The van der Waals surface area contributed by atoms with Crippen molar-refractivity contribution in [2.45, 2.75) is 0 Å². The molecule has 0 aliphatic rings. The Morgan fingerprint density at radius 3 is 2.75 bits per heavy atom. The number of para-hydroxylation sites is 1. The van der Waals surface area contributed by atoms with Crippen molar-refractivity contribution in [2.24, 2.45) is 0 Å². The van der Waals surface area contributed by atoms with E-state index in [1.54, 1.807) is 22.9 Å². The zero-order valence-corrected chi connectivity index (χ0v) is 8.28. The average molecular weight is 209 g/mol. The highest BCUT2D eigenvalue weighted by atomic mass is 15.4. The first-order valence-electron chi connectivity index (χ1n) is 4.54. The Kier molecular flexibility index (Phi) is 2.59. The summed E-state index contributed by atoms with van der Waals surface area (Å²) in [5.74, 6) is 1.80. The Morgan fingerprint density at radius 1 is 1.38 bits per heavy atom. The molecule has 0 saturated carbocycles. The summed E-state index contributed by atoms with van der Waals surface area (Å²) in [5, 5.41) is 21.4. The van der Waals surface area contributed by atoms with Gasteiger partial charge in [0.25, 0.3) is 6.33 Å².